The van der Waals surface area contributed by atoms with Crippen LogP contribution in [0, 0.1) is 0 Å². The van der Waals surface area contributed by atoms with Crippen LogP contribution in [0.25, 0.3) is 0 Å². The average molecular weight is 343 g/mol. The summed E-state index contributed by atoms with van der Waals surface area (Å²) in [6.45, 7) is 0.929. The van der Waals surface area contributed by atoms with Gasteiger partial charge in [-0.3, -0.25) is 0 Å². The molecule has 0 amide bonds. The van der Waals surface area contributed by atoms with Gasteiger partial charge in [0, 0.05) is 32.4 Å². The van der Waals surface area contributed by atoms with Gasteiger partial charge in [-0.25, -0.2) is 0 Å². The molecule has 0 heterocycles. The van der Waals surface area contributed by atoms with E-state index in [4.69, 9.17) is 11.6 Å². The molecule has 4 heteroatoms. The third kappa shape index (κ3) is 4.56. The van der Waals surface area contributed by atoms with E-state index < -0.39 is 0 Å². The van der Waals surface area contributed by atoms with Crippen molar-refractivity contribution < 1.29 is 0 Å². The van der Waals surface area contributed by atoms with Crippen LogP contribution in [-0.4, -0.2) is 12.3 Å². The van der Waals surface area contributed by atoms with Crippen LogP contribution in [0.1, 0.15) is 0 Å². The lowest BCUT2D eigenvalue weighted by atomic mass is 10.3. The summed E-state index contributed by atoms with van der Waals surface area (Å²) in [6, 6.07) is 16.1. The zero-order valence-electron chi connectivity index (χ0n) is 9.70. The van der Waals surface area contributed by atoms with Crippen molar-refractivity contribution in [2.45, 2.75) is 4.90 Å². The van der Waals surface area contributed by atoms with Gasteiger partial charge in [0.2, 0.25) is 0 Å². The number of anilines is 1. The average Bonchev–Trinajstić information content (AvgIpc) is 2.37. The normalized spacial score (nSPS) is 10.3. The molecule has 0 spiro atoms. The van der Waals surface area contributed by atoms with Crippen LogP contribution >= 0.6 is 39.3 Å². The molecule has 2 aromatic rings. The number of hydrogen-bond donors (Lipinski definition) is 1. The van der Waals surface area contributed by atoms with Crippen LogP contribution in [0.2, 0.25) is 5.02 Å². The molecule has 0 saturated heterocycles. The summed E-state index contributed by atoms with van der Waals surface area (Å²) in [5.41, 5.74) is 1.14. The second-order valence-electron chi connectivity index (χ2n) is 3.74. The summed E-state index contributed by atoms with van der Waals surface area (Å²) in [5.74, 6) is 1.01. The maximum atomic E-state index is 5.93. The van der Waals surface area contributed by atoms with Gasteiger partial charge in [0.25, 0.3) is 0 Å². The molecule has 1 nitrogen and oxygen atoms in total. The van der Waals surface area contributed by atoms with Crippen molar-refractivity contribution in [1.29, 1.82) is 0 Å². The largest absolute Gasteiger partial charge is 0.384 e. The van der Waals surface area contributed by atoms with Gasteiger partial charge in [-0.1, -0.05) is 33.6 Å². The zero-order valence-corrected chi connectivity index (χ0v) is 12.9. The van der Waals surface area contributed by atoms with Crippen molar-refractivity contribution in [2.24, 2.45) is 0 Å². The minimum Gasteiger partial charge on any atom is -0.384 e. The minimum atomic E-state index is 0.792. The first-order valence-corrected chi connectivity index (χ1v) is 7.77. The summed E-state index contributed by atoms with van der Waals surface area (Å²) >= 11 is 11.2. The third-order valence-corrected chi connectivity index (χ3v) is 4.10. The Morgan fingerprint density at radius 3 is 2.61 bits per heavy atom. The van der Waals surface area contributed by atoms with Gasteiger partial charge in [0.15, 0.2) is 0 Å². The molecule has 0 fully saturated rings. The number of benzene rings is 2. The maximum absolute atomic E-state index is 5.93. The Balaban J connectivity index is 1.74. The van der Waals surface area contributed by atoms with Gasteiger partial charge >= 0.3 is 0 Å². The molecule has 0 aliphatic heterocycles. The van der Waals surface area contributed by atoms with E-state index in [1.54, 1.807) is 11.8 Å². The van der Waals surface area contributed by atoms with Gasteiger partial charge < -0.3 is 5.32 Å². The van der Waals surface area contributed by atoms with Crippen LogP contribution < -0.4 is 5.32 Å². The first-order valence-electron chi connectivity index (χ1n) is 5.62. The van der Waals surface area contributed by atoms with E-state index in [1.165, 1.54) is 4.90 Å². The molecule has 1 N–H and O–H groups in total. The molecule has 0 aliphatic carbocycles. The monoisotopic (exact) mass is 341 g/mol. The van der Waals surface area contributed by atoms with E-state index >= 15 is 0 Å². The summed E-state index contributed by atoms with van der Waals surface area (Å²) < 4.78 is 1.10. The van der Waals surface area contributed by atoms with Crippen molar-refractivity contribution in [2.75, 3.05) is 17.6 Å². The molecule has 0 aromatic heterocycles. The summed E-state index contributed by atoms with van der Waals surface area (Å²) in [5, 5.41) is 4.17. The van der Waals surface area contributed by atoms with Crippen LogP contribution in [-0.2, 0) is 0 Å². The Labute approximate surface area is 125 Å². The second-order valence-corrected chi connectivity index (χ2v) is 6.26. The second kappa shape index (κ2) is 7.07. The lowest BCUT2D eigenvalue weighted by Crippen LogP contribution is -2.03. The quantitative estimate of drug-likeness (QED) is 0.584. The Morgan fingerprint density at radius 1 is 1.11 bits per heavy atom. The maximum Gasteiger partial charge on any atom is 0.0417 e. The summed E-state index contributed by atoms with van der Waals surface area (Å²) in [7, 11) is 0. The summed E-state index contributed by atoms with van der Waals surface area (Å²) in [6.07, 6.45) is 0. The van der Waals surface area contributed by atoms with Crippen molar-refractivity contribution in [3.8, 4) is 0 Å². The number of rotatable bonds is 5. The van der Waals surface area contributed by atoms with Crippen LogP contribution in [0.5, 0.6) is 0 Å². The lowest BCUT2D eigenvalue weighted by molar-refractivity contribution is 1.22. The van der Waals surface area contributed by atoms with Gasteiger partial charge in [-0.05, 0) is 42.5 Å². The van der Waals surface area contributed by atoms with E-state index in [-0.39, 0.29) is 0 Å². The van der Waals surface area contributed by atoms with Crippen LogP contribution in [0.3, 0.4) is 0 Å². The van der Waals surface area contributed by atoms with Gasteiger partial charge in [-0.15, -0.1) is 11.8 Å². The van der Waals surface area contributed by atoms with Gasteiger partial charge in [0.1, 0.15) is 0 Å². The topological polar surface area (TPSA) is 12.0 Å². The standard InChI is InChI=1S/C14H13BrClNS/c15-11-4-6-13(7-5-11)17-8-9-18-14-3-1-2-12(16)10-14/h1-7,10,17H,8-9H2. The molecular weight excluding hydrogens is 330 g/mol. The predicted molar refractivity (Wildman–Crippen MR) is 84.8 cm³/mol. The van der Waals surface area contributed by atoms with E-state index in [1.807, 2.05) is 30.3 Å². The van der Waals surface area contributed by atoms with Crippen molar-refractivity contribution in [1.82, 2.24) is 0 Å². The molecular formula is C14H13BrClNS. The smallest absolute Gasteiger partial charge is 0.0417 e. The van der Waals surface area contributed by atoms with Gasteiger partial charge in [0.05, 0.1) is 0 Å². The Morgan fingerprint density at radius 2 is 1.89 bits per heavy atom. The number of halogens is 2. The lowest BCUT2D eigenvalue weighted by Gasteiger charge is -2.06. The first-order chi connectivity index (χ1) is 8.74. The zero-order chi connectivity index (χ0) is 12.8. The van der Waals surface area contributed by atoms with Crippen molar-refractivity contribution in [3.63, 3.8) is 0 Å². The van der Waals surface area contributed by atoms with Crippen molar-refractivity contribution >= 4 is 45.0 Å². The summed E-state index contributed by atoms with van der Waals surface area (Å²) in [4.78, 5) is 1.21. The van der Waals surface area contributed by atoms with Crippen molar-refractivity contribution in [3.05, 3.63) is 58.0 Å². The molecule has 0 atom stereocenters. The first kappa shape index (κ1) is 13.8. The highest BCUT2D eigenvalue weighted by Gasteiger charge is 1.96. The van der Waals surface area contributed by atoms with E-state index in [0.29, 0.717) is 0 Å². The van der Waals surface area contributed by atoms with Crippen LogP contribution in [0.15, 0.2) is 57.9 Å². The fraction of sp³-hybridized carbons (Fsp3) is 0.143. The highest BCUT2D eigenvalue weighted by Crippen LogP contribution is 2.21. The molecule has 2 aromatic carbocycles. The SMILES string of the molecule is Clc1cccc(SCCNc2ccc(Br)cc2)c1. The van der Waals surface area contributed by atoms with E-state index in [9.17, 15) is 0 Å². The molecule has 0 bridgehead atoms. The number of thioether (sulfide) groups is 1. The molecule has 0 unspecified atom stereocenters. The minimum absolute atomic E-state index is 0.792. The van der Waals surface area contributed by atoms with Crippen LogP contribution in [0.4, 0.5) is 5.69 Å². The Kier molecular flexibility index (Phi) is 5.42. The van der Waals surface area contributed by atoms with E-state index in [0.717, 1.165) is 27.5 Å². The Hall–Kier alpha value is -0.640. The third-order valence-electron chi connectivity index (χ3n) is 2.34. The predicted octanol–water partition coefficient (Wildman–Crippen LogP) is 5.31. The highest BCUT2D eigenvalue weighted by molar-refractivity contribution is 9.10. The molecule has 2 rings (SSSR count). The fourth-order valence-electron chi connectivity index (χ4n) is 1.49. The molecule has 0 radical (unpaired) electrons. The fourth-order valence-corrected chi connectivity index (χ4v) is 2.83. The molecule has 0 saturated carbocycles. The molecule has 94 valence electrons. The Bertz CT molecular complexity index is 501. The molecule has 18 heavy (non-hydrogen) atoms. The number of hydrogen-bond acceptors (Lipinski definition) is 2. The van der Waals surface area contributed by atoms with Gasteiger partial charge in [-0.2, -0.15) is 0 Å². The highest BCUT2D eigenvalue weighted by atomic mass is 79.9. The molecule has 0 aliphatic rings. The number of nitrogens with one attached hydrogen (secondary N) is 1. The van der Waals surface area contributed by atoms with E-state index in [2.05, 4.69) is 39.4 Å².